The molecule has 2 saturated heterocycles. The van der Waals surface area contributed by atoms with Gasteiger partial charge in [0, 0.05) is 42.8 Å². The van der Waals surface area contributed by atoms with Crippen LogP contribution in [-0.4, -0.2) is 56.2 Å². The van der Waals surface area contributed by atoms with E-state index in [0.29, 0.717) is 10.0 Å². The van der Waals surface area contributed by atoms with E-state index in [1.807, 2.05) is 30.3 Å². The van der Waals surface area contributed by atoms with Gasteiger partial charge in [-0.3, -0.25) is 9.80 Å². The van der Waals surface area contributed by atoms with Gasteiger partial charge in [0.15, 0.2) is 0 Å². The zero-order chi connectivity index (χ0) is 25.8. The summed E-state index contributed by atoms with van der Waals surface area (Å²) >= 11 is 19.1. The molecule has 0 aliphatic carbocycles. The molecule has 5 rings (SSSR count). The molecule has 0 aromatic heterocycles. The minimum Gasteiger partial charge on any atom is -0.497 e. The van der Waals surface area contributed by atoms with Gasteiger partial charge in [0.2, 0.25) is 0 Å². The number of rotatable bonds is 7. The van der Waals surface area contributed by atoms with Crippen LogP contribution < -0.4 is 9.64 Å². The molecule has 2 aliphatic rings. The van der Waals surface area contributed by atoms with Crippen molar-refractivity contribution in [3.05, 3.63) is 92.9 Å². The molecule has 3 aromatic rings. The Kier molecular flexibility index (Phi) is 8.84. The van der Waals surface area contributed by atoms with E-state index in [-0.39, 0.29) is 6.04 Å². The number of piperidine rings is 1. The Bertz CT molecular complexity index is 1160. The number of nitrogens with zero attached hydrogens (tertiary/aromatic N) is 3. The highest BCUT2D eigenvalue weighted by atomic mass is 35.5. The molecular weight excluding hydrogens is 525 g/mol. The van der Waals surface area contributed by atoms with Gasteiger partial charge >= 0.3 is 0 Å². The van der Waals surface area contributed by atoms with Crippen molar-refractivity contribution in [3.63, 3.8) is 0 Å². The van der Waals surface area contributed by atoms with Crippen LogP contribution in [0, 0.1) is 5.92 Å². The van der Waals surface area contributed by atoms with E-state index in [1.54, 1.807) is 7.11 Å². The molecule has 0 spiro atoms. The summed E-state index contributed by atoms with van der Waals surface area (Å²) in [6, 6.07) is 22.7. The van der Waals surface area contributed by atoms with E-state index in [1.165, 1.54) is 24.0 Å². The topological polar surface area (TPSA) is 19.0 Å². The summed E-state index contributed by atoms with van der Waals surface area (Å²) in [6.07, 6.45) is 2.48. The summed E-state index contributed by atoms with van der Waals surface area (Å²) < 4.78 is 5.29. The molecule has 3 aromatic carbocycles. The normalized spacial score (nSPS) is 19.8. The molecule has 4 nitrogen and oxygen atoms in total. The smallest absolute Gasteiger partial charge is 0.118 e. The van der Waals surface area contributed by atoms with E-state index in [9.17, 15) is 0 Å². The van der Waals surface area contributed by atoms with E-state index >= 15 is 0 Å². The van der Waals surface area contributed by atoms with Crippen LogP contribution in [0.25, 0.3) is 0 Å². The van der Waals surface area contributed by atoms with Gasteiger partial charge in [0.25, 0.3) is 0 Å². The summed E-state index contributed by atoms with van der Waals surface area (Å²) in [5.74, 6) is 1.64. The lowest BCUT2D eigenvalue weighted by molar-refractivity contribution is 0.127. The van der Waals surface area contributed by atoms with Crippen molar-refractivity contribution in [1.29, 1.82) is 0 Å². The highest BCUT2D eigenvalue weighted by Crippen LogP contribution is 2.37. The Labute approximate surface area is 235 Å². The quantitative estimate of drug-likeness (QED) is 0.300. The molecule has 0 N–H and O–H groups in total. The maximum Gasteiger partial charge on any atom is 0.118 e. The molecule has 0 amide bonds. The molecular formula is C30H34Cl3N3O. The zero-order valence-electron chi connectivity index (χ0n) is 21.3. The average Bonchev–Trinajstić information content (AvgIpc) is 2.91. The van der Waals surface area contributed by atoms with Crippen molar-refractivity contribution in [2.45, 2.75) is 25.4 Å². The maximum atomic E-state index is 6.65. The van der Waals surface area contributed by atoms with Crippen LogP contribution in [0.2, 0.25) is 15.1 Å². The fourth-order valence-electron chi connectivity index (χ4n) is 5.66. The number of likely N-dealkylation sites (tertiary alicyclic amines) is 1. The fourth-order valence-corrected chi connectivity index (χ4v) is 6.30. The van der Waals surface area contributed by atoms with Crippen molar-refractivity contribution in [2.75, 3.05) is 51.3 Å². The molecule has 0 radical (unpaired) electrons. The summed E-state index contributed by atoms with van der Waals surface area (Å²) in [5, 5.41) is 2.12. The summed E-state index contributed by atoms with van der Waals surface area (Å²) in [6.45, 7) is 7.36. The highest BCUT2D eigenvalue weighted by Gasteiger charge is 2.31. The van der Waals surface area contributed by atoms with Gasteiger partial charge in [-0.2, -0.15) is 0 Å². The summed E-state index contributed by atoms with van der Waals surface area (Å²) in [5.41, 5.74) is 3.65. The third kappa shape index (κ3) is 6.74. The Morgan fingerprint density at radius 2 is 1.49 bits per heavy atom. The Morgan fingerprint density at radius 1 is 0.784 bits per heavy atom. The third-order valence-corrected chi connectivity index (χ3v) is 8.52. The average molecular weight is 559 g/mol. The number of piperazine rings is 1. The highest BCUT2D eigenvalue weighted by molar-refractivity contribution is 6.36. The van der Waals surface area contributed by atoms with Crippen molar-refractivity contribution in [1.82, 2.24) is 9.80 Å². The molecule has 1 atom stereocenters. The van der Waals surface area contributed by atoms with Crippen LogP contribution in [0.4, 0.5) is 5.69 Å². The summed E-state index contributed by atoms with van der Waals surface area (Å²) in [4.78, 5) is 7.65. The lowest BCUT2D eigenvalue weighted by atomic mass is 9.94. The van der Waals surface area contributed by atoms with Crippen LogP contribution in [0.1, 0.15) is 30.0 Å². The van der Waals surface area contributed by atoms with Crippen LogP contribution >= 0.6 is 34.8 Å². The number of hydrogen-bond donors (Lipinski definition) is 0. The lowest BCUT2D eigenvalue weighted by Gasteiger charge is -2.45. The van der Waals surface area contributed by atoms with Crippen LogP contribution in [0.5, 0.6) is 5.75 Å². The van der Waals surface area contributed by atoms with Gasteiger partial charge in [-0.25, -0.2) is 0 Å². The molecule has 0 saturated carbocycles. The minimum atomic E-state index is 0.208. The van der Waals surface area contributed by atoms with Crippen LogP contribution in [0.3, 0.4) is 0 Å². The van der Waals surface area contributed by atoms with E-state index < -0.39 is 0 Å². The number of anilines is 1. The van der Waals surface area contributed by atoms with Gasteiger partial charge < -0.3 is 9.64 Å². The molecule has 0 unspecified atom stereocenters. The molecule has 7 heteroatoms. The zero-order valence-corrected chi connectivity index (χ0v) is 23.5. The Balaban J connectivity index is 1.21. The second-order valence-corrected chi connectivity index (χ2v) is 11.5. The number of hydrogen-bond acceptors (Lipinski definition) is 4. The van der Waals surface area contributed by atoms with Crippen LogP contribution in [0.15, 0.2) is 66.7 Å². The van der Waals surface area contributed by atoms with Crippen molar-refractivity contribution >= 4 is 40.5 Å². The molecule has 2 aliphatic heterocycles. The number of ether oxygens (including phenoxy) is 1. The van der Waals surface area contributed by atoms with E-state index in [0.717, 1.165) is 68.2 Å². The van der Waals surface area contributed by atoms with Gasteiger partial charge in [0.05, 0.1) is 23.9 Å². The Morgan fingerprint density at radius 3 is 2.16 bits per heavy atom. The van der Waals surface area contributed by atoms with Gasteiger partial charge in [-0.05, 0) is 85.4 Å². The number of halogens is 3. The minimum absolute atomic E-state index is 0.208. The predicted molar refractivity (Wildman–Crippen MR) is 155 cm³/mol. The first-order chi connectivity index (χ1) is 18.0. The first kappa shape index (κ1) is 26.6. The molecule has 0 bridgehead atoms. The standard InChI is InChI=1S/C30H34Cl3N3O/c1-37-27-9-2-22(3-10-27)19-34-14-12-23(13-15-34)20-35-16-17-36(29-11-8-26(32)18-28(29)33)30(21-35)24-4-6-25(31)7-5-24/h2-11,18,23,30H,12-17,19-21H2,1H3/t30-/m0/s1. The van der Waals surface area contributed by atoms with Gasteiger partial charge in [-0.15, -0.1) is 0 Å². The van der Waals surface area contributed by atoms with Gasteiger partial charge in [0.1, 0.15) is 5.75 Å². The maximum absolute atomic E-state index is 6.65. The van der Waals surface area contributed by atoms with Crippen molar-refractivity contribution in [3.8, 4) is 5.75 Å². The van der Waals surface area contributed by atoms with Crippen molar-refractivity contribution in [2.24, 2.45) is 5.92 Å². The predicted octanol–water partition coefficient (Wildman–Crippen LogP) is 7.43. The van der Waals surface area contributed by atoms with Crippen LogP contribution in [-0.2, 0) is 6.54 Å². The van der Waals surface area contributed by atoms with E-state index in [4.69, 9.17) is 39.5 Å². The van der Waals surface area contributed by atoms with Crippen molar-refractivity contribution < 1.29 is 4.74 Å². The lowest BCUT2D eigenvalue weighted by Crippen LogP contribution is -2.50. The first-order valence-corrected chi connectivity index (χ1v) is 14.2. The molecule has 2 heterocycles. The second-order valence-electron chi connectivity index (χ2n) is 10.2. The fraction of sp³-hybridized carbons (Fsp3) is 0.400. The summed E-state index contributed by atoms with van der Waals surface area (Å²) in [7, 11) is 1.71. The largest absolute Gasteiger partial charge is 0.497 e. The molecule has 2 fully saturated rings. The molecule has 196 valence electrons. The Hall–Kier alpha value is -1.95. The SMILES string of the molecule is COc1ccc(CN2CCC(CN3CCN(c4ccc(Cl)cc4Cl)[C@H](c4ccc(Cl)cc4)C3)CC2)cc1. The third-order valence-electron chi connectivity index (χ3n) is 7.73. The van der Waals surface area contributed by atoms with Gasteiger partial charge in [-0.1, -0.05) is 59.1 Å². The monoisotopic (exact) mass is 557 g/mol. The second kappa shape index (κ2) is 12.3. The van der Waals surface area contributed by atoms with E-state index in [2.05, 4.69) is 51.1 Å². The molecule has 37 heavy (non-hydrogen) atoms. The number of methoxy groups -OCH3 is 1. The first-order valence-electron chi connectivity index (χ1n) is 13.0. The number of benzene rings is 3.